The van der Waals surface area contributed by atoms with Crippen molar-refractivity contribution >= 4 is 12.4 Å². The third kappa shape index (κ3) is 5.10. The highest BCUT2D eigenvalue weighted by Crippen LogP contribution is 1.81. The molecule has 0 fully saturated rings. The maximum absolute atomic E-state index is 10.7. The van der Waals surface area contributed by atoms with E-state index in [9.17, 15) is 9.59 Å². The Balaban J connectivity index is 3.80. The minimum Gasteiger partial charge on any atom is -0.463 e. The van der Waals surface area contributed by atoms with Crippen LogP contribution in [0.1, 0.15) is 6.92 Å². The molecule has 0 spiro atoms. The fraction of sp³-hybridized carbons (Fsp3) is 0.333. The largest absolute Gasteiger partial charge is 0.463 e. The summed E-state index contributed by atoms with van der Waals surface area (Å²) in [7, 11) is 0. The average molecular weight is 173 g/mol. The molecule has 0 heterocycles. The summed E-state index contributed by atoms with van der Waals surface area (Å²) in [6.07, 6.45) is 1.42. The molecule has 12 heavy (non-hydrogen) atoms. The molecule has 0 aliphatic rings. The first-order valence-electron chi connectivity index (χ1n) is 3.29. The van der Waals surface area contributed by atoms with Crippen LogP contribution >= 0.6 is 0 Å². The Hall–Kier alpha value is -1.72. The molecule has 0 aromatic rings. The Morgan fingerprint density at radius 2 is 2.33 bits per heavy atom. The van der Waals surface area contributed by atoms with E-state index < -0.39 is 5.97 Å². The second-order valence-electron chi connectivity index (χ2n) is 1.74. The zero-order chi connectivity index (χ0) is 9.40. The summed E-state index contributed by atoms with van der Waals surface area (Å²) in [5.41, 5.74) is 9.52. The van der Waals surface area contributed by atoms with Crippen LogP contribution in [0.3, 0.4) is 0 Å². The fourth-order valence-corrected chi connectivity index (χ4v) is 0.460. The van der Waals surface area contributed by atoms with Gasteiger partial charge in [0.25, 0.3) is 0 Å². The Labute approximate surface area is 69.7 Å². The number of hydrogen-bond acceptors (Lipinski definition) is 5. The van der Waals surface area contributed by atoms with Gasteiger partial charge in [0.05, 0.1) is 12.7 Å². The molecule has 0 aliphatic heterocycles. The molecule has 0 radical (unpaired) electrons. The van der Waals surface area contributed by atoms with Gasteiger partial charge >= 0.3 is 5.97 Å². The van der Waals surface area contributed by atoms with Crippen molar-refractivity contribution in [2.75, 3.05) is 6.61 Å². The minimum atomic E-state index is -0.560. The third-order valence-corrected chi connectivity index (χ3v) is 0.835. The van der Waals surface area contributed by atoms with E-state index in [1.165, 1.54) is 0 Å². The highest BCUT2D eigenvalue weighted by Gasteiger charge is 1.96. The highest BCUT2D eigenvalue weighted by atomic mass is 16.5. The lowest BCUT2D eigenvalue weighted by molar-refractivity contribution is -0.137. The molecule has 0 bridgehead atoms. The molecule has 0 aromatic carbocycles. The van der Waals surface area contributed by atoms with Gasteiger partial charge in [-0.25, -0.2) is 4.79 Å². The maximum atomic E-state index is 10.7. The van der Waals surface area contributed by atoms with Crippen molar-refractivity contribution in [3.63, 3.8) is 0 Å². The van der Waals surface area contributed by atoms with Crippen molar-refractivity contribution in [1.29, 1.82) is 0 Å². The minimum absolute atomic E-state index is 0.0144. The van der Waals surface area contributed by atoms with Crippen molar-refractivity contribution in [3.8, 4) is 0 Å². The third-order valence-electron chi connectivity index (χ3n) is 0.835. The van der Waals surface area contributed by atoms with Crippen LogP contribution in [0.25, 0.3) is 0 Å². The summed E-state index contributed by atoms with van der Waals surface area (Å²) >= 11 is 0. The van der Waals surface area contributed by atoms with Gasteiger partial charge in [0, 0.05) is 0 Å². The highest BCUT2D eigenvalue weighted by molar-refractivity contribution is 5.82. The van der Waals surface area contributed by atoms with Crippen molar-refractivity contribution in [2.24, 2.45) is 5.73 Å². The van der Waals surface area contributed by atoms with E-state index in [2.05, 4.69) is 15.6 Å². The summed E-state index contributed by atoms with van der Waals surface area (Å²) in [5.74, 6) is -0.546. The average Bonchev–Trinajstić information content (AvgIpc) is 2.01. The van der Waals surface area contributed by atoms with Crippen LogP contribution in [0, 0.1) is 0 Å². The molecular formula is C6H11N3O3. The van der Waals surface area contributed by atoms with E-state index >= 15 is 0 Å². The molecule has 6 heteroatoms. The topological polar surface area (TPSA) is 93.4 Å². The predicted octanol–water partition coefficient (Wildman–Crippen LogP) is -1.40. The van der Waals surface area contributed by atoms with Crippen LogP contribution in [0.5, 0.6) is 0 Å². The van der Waals surface area contributed by atoms with Gasteiger partial charge in [-0.05, 0) is 6.92 Å². The van der Waals surface area contributed by atoms with Gasteiger partial charge in [0.15, 0.2) is 0 Å². The van der Waals surface area contributed by atoms with Crippen LogP contribution in [-0.2, 0) is 14.3 Å². The van der Waals surface area contributed by atoms with E-state index in [0.717, 1.165) is 6.08 Å². The molecule has 0 atom stereocenters. The SMILES string of the molecule is CCOC(=O)/C=C(/N)NNC=O. The molecule has 6 nitrogen and oxygen atoms in total. The number of amides is 1. The van der Waals surface area contributed by atoms with Crippen molar-refractivity contribution in [3.05, 3.63) is 11.9 Å². The molecule has 0 rings (SSSR count). The number of hydrogen-bond donors (Lipinski definition) is 3. The lowest BCUT2D eigenvalue weighted by Crippen LogP contribution is -2.33. The van der Waals surface area contributed by atoms with E-state index in [-0.39, 0.29) is 12.4 Å². The van der Waals surface area contributed by atoms with Crippen LogP contribution in [-0.4, -0.2) is 19.0 Å². The van der Waals surface area contributed by atoms with Crippen LogP contribution in [0.2, 0.25) is 0 Å². The normalized spacial score (nSPS) is 10.2. The molecule has 0 aromatic heterocycles. The van der Waals surface area contributed by atoms with Gasteiger partial charge in [-0.2, -0.15) is 0 Å². The molecule has 0 aliphatic carbocycles. The summed E-state index contributed by atoms with van der Waals surface area (Å²) in [4.78, 5) is 20.4. The lowest BCUT2D eigenvalue weighted by atomic mass is 10.5. The van der Waals surface area contributed by atoms with Crippen LogP contribution < -0.4 is 16.6 Å². The van der Waals surface area contributed by atoms with Gasteiger partial charge in [-0.1, -0.05) is 0 Å². The van der Waals surface area contributed by atoms with Gasteiger partial charge in [-0.15, -0.1) is 0 Å². The summed E-state index contributed by atoms with van der Waals surface area (Å²) < 4.78 is 4.54. The molecule has 68 valence electrons. The zero-order valence-electron chi connectivity index (χ0n) is 6.66. The van der Waals surface area contributed by atoms with E-state index in [1.807, 2.05) is 0 Å². The number of esters is 1. The first-order chi connectivity index (χ1) is 5.70. The Kier molecular flexibility index (Phi) is 5.16. The summed E-state index contributed by atoms with van der Waals surface area (Å²) in [6, 6.07) is 0. The number of rotatable bonds is 5. The van der Waals surface area contributed by atoms with Crippen molar-refractivity contribution in [1.82, 2.24) is 10.9 Å². The fourth-order valence-electron chi connectivity index (χ4n) is 0.460. The predicted molar refractivity (Wildman–Crippen MR) is 41.2 cm³/mol. The number of ether oxygens (including phenoxy) is 1. The number of nitrogens with two attached hydrogens (primary N) is 1. The van der Waals surface area contributed by atoms with E-state index in [1.54, 1.807) is 6.92 Å². The molecule has 1 amide bonds. The number of carbonyl (C=O) groups excluding carboxylic acids is 2. The molecule has 0 unspecified atom stereocenters. The lowest BCUT2D eigenvalue weighted by Gasteiger charge is -2.02. The zero-order valence-corrected chi connectivity index (χ0v) is 6.66. The first-order valence-corrected chi connectivity index (χ1v) is 3.29. The smallest absolute Gasteiger partial charge is 0.334 e. The summed E-state index contributed by atoms with van der Waals surface area (Å²) in [5, 5.41) is 0. The summed E-state index contributed by atoms with van der Waals surface area (Å²) in [6.45, 7) is 1.96. The van der Waals surface area contributed by atoms with Gasteiger partial charge in [-0.3, -0.25) is 15.6 Å². The Morgan fingerprint density at radius 3 is 2.83 bits per heavy atom. The molecule has 0 saturated heterocycles. The van der Waals surface area contributed by atoms with E-state index in [4.69, 9.17) is 5.73 Å². The number of hydrazine groups is 1. The molecule has 0 saturated carbocycles. The number of nitrogens with one attached hydrogen (secondary N) is 2. The van der Waals surface area contributed by atoms with Crippen molar-refractivity contribution in [2.45, 2.75) is 6.92 Å². The maximum Gasteiger partial charge on any atom is 0.334 e. The quantitative estimate of drug-likeness (QED) is 0.206. The van der Waals surface area contributed by atoms with Gasteiger partial charge < -0.3 is 10.5 Å². The van der Waals surface area contributed by atoms with Crippen LogP contribution in [0.4, 0.5) is 0 Å². The number of carbonyl (C=O) groups is 2. The monoisotopic (exact) mass is 173 g/mol. The van der Waals surface area contributed by atoms with Crippen molar-refractivity contribution < 1.29 is 14.3 Å². The second kappa shape index (κ2) is 6.02. The second-order valence-corrected chi connectivity index (χ2v) is 1.74. The Morgan fingerprint density at radius 1 is 1.67 bits per heavy atom. The first kappa shape index (κ1) is 10.3. The van der Waals surface area contributed by atoms with Gasteiger partial charge in [0.1, 0.15) is 5.82 Å². The van der Waals surface area contributed by atoms with Gasteiger partial charge in [0.2, 0.25) is 6.41 Å². The molecular weight excluding hydrogens is 162 g/mol. The molecule has 4 N–H and O–H groups in total. The Bertz CT molecular complexity index is 190. The standard InChI is InChI=1S/C6H11N3O3/c1-2-12-6(11)3-5(7)9-8-4-10/h3-4,9H,2,7H2,1H3,(H,8,10)/b5-3-. The van der Waals surface area contributed by atoms with E-state index in [0.29, 0.717) is 6.41 Å². The van der Waals surface area contributed by atoms with Crippen LogP contribution in [0.15, 0.2) is 11.9 Å².